The number of rotatable bonds is 15. The van der Waals surface area contributed by atoms with E-state index in [0.717, 1.165) is 81.3 Å². The molecular weight excluding hydrogens is 845 g/mol. The zero-order chi connectivity index (χ0) is 46.3. The van der Waals surface area contributed by atoms with E-state index < -0.39 is 23.8 Å². The molecule has 4 aliphatic rings. The van der Waals surface area contributed by atoms with Crippen LogP contribution in [-0.4, -0.2) is 105 Å². The van der Waals surface area contributed by atoms with Crippen molar-refractivity contribution in [1.82, 2.24) is 35.0 Å². The van der Waals surface area contributed by atoms with E-state index >= 15 is 0 Å². The minimum atomic E-state index is -1.37. The molecule has 2 aromatic carbocycles. The second-order valence-corrected chi connectivity index (χ2v) is 18.8. The van der Waals surface area contributed by atoms with Gasteiger partial charge < -0.3 is 39.8 Å². The van der Waals surface area contributed by atoms with Crippen LogP contribution in [0.4, 0.5) is 0 Å². The van der Waals surface area contributed by atoms with Crippen molar-refractivity contribution in [3.63, 3.8) is 0 Å². The third-order valence-electron chi connectivity index (χ3n) is 14.2. The van der Waals surface area contributed by atoms with Gasteiger partial charge in [0.25, 0.3) is 23.6 Å². The van der Waals surface area contributed by atoms with E-state index in [1.165, 1.54) is 23.8 Å². The highest BCUT2D eigenvalue weighted by Crippen LogP contribution is 2.30. The maximum Gasteiger partial charge on any atom is 0.272 e. The number of nitrogens with zero attached hydrogens (tertiary/aromatic N) is 5. The summed E-state index contributed by atoms with van der Waals surface area (Å²) in [5, 5.41) is 18.3. The molecule has 14 nitrogen and oxygen atoms in total. The van der Waals surface area contributed by atoms with Gasteiger partial charge in [0.15, 0.2) is 0 Å². The molecule has 0 unspecified atom stereocenters. The number of carbonyl (C=O) groups excluding carboxylic acids is 5. The molecule has 0 radical (unpaired) electrons. The molecule has 1 saturated carbocycles. The average Bonchev–Trinajstić information content (AvgIpc) is 4.23. The fourth-order valence-electron chi connectivity index (χ4n) is 10.7. The Balaban J connectivity index is 1.08. The van der Waals surface area contributed by atoms with Crippen molar-refractivity contribution in [2.24, 2.45) is 5.92 Å². The van der Waals surface area contributed by atoms with Crippen molar-refractivity contribution in [2.75, 3.05) is 32.7 Å². The van der Waals surface area contributed by atoms with Crippen LogP contribution >= 0.6 is 0 Å². The van der Waals surface area contributed by atoms with Crippen LogP contribution in [0.2, 0.25) is 0 Å². The van der Waals surface area contributed by atoms with Crippen LogP contribution in [0.25, 0.3) is 22.3 Å². The van der Waals surface area contributed by atoms with Crippen LogP contribution in [0.1, 0.15) is 118 Å². The third-order valence-corrected chi connectivity index (χ3v) is 14.2. The molecule has 0 spiro atoms. The summed E-state index contributed by atoms with van der Waals surface area (Å²) in [6.07, 6.45) is 13.6. The van der Waals surface area contributed by atoms with Gasteiger partial charge in [-0.2, -0.15) is 0 Å². The Hall–Kier alpha value is -6.67. The number of carboxylic acids is 1. The van der Waals surface area contributed by atoms with E-state index in [-0.39, 0.29) is 59.1 Å². The van der Waals surface area contributed by atoms with E-state index in [4.69, 9.17) is 4.98 Å². The lowest BCUT2D eigenvalue weighted by molar-refractivity contribution is -0.889. The van der Waals surface area contributed by atoms with Crippen LogP contribution in [0.3, 0.4) is 0 Å². The van der Waals surface area contributed by atoms with Gasteiger partial charge in [0.05, 0.1) is 37.7 Å². The summed E-state index contributed by atoms with van der Waals surface area (Å²) >= 11 is 0. The standard InChI is InChI=1S/C53H60N8O6/c62-49(54-33-36-14-11-19-39(28-36)37-15-3-1-4-16-37)44-29-40(31-46(55-44)51(64)60-26-12-20-42(60)34-58-22-7-8-23-58)41-30-45(50(63)57-48(53(66)67)38-17-5-2-6-18-38)56-47(32-41)52(65)61-27-13-21-43(61)35-59-24-9-10-25-59/h1,3-4,9-11,14-16,19,24-25,28-32,38,42-43,48H,2,5-8,12-13,17-18,20-23,26-27,33-35H2,(H,54,62)(H,57,63)(H,66,67)/t42-,43-,48-/m1/s1. The van der Waals surface area contributed by atoms with Gasteiger partial charge in [-0.25, -0.2) is 9.97 Å². The summed E-state index contributed by atoms with van der Waals surface area (Å²) in [5.74, 6) is -3.60. The molecule has 14 heteroatoms. The highest BCUT2D eigenvalue weighted by atomic mass is 16.4. The fourth-order valence-corrected chi connectivity index (χ4v) is 10.7. The number of hydrogen-bond acceptors (Lipinski definition) is 8. The maximum atomic E-state index is 14.7. The first-order valence-corrected chi connectivity index (χ1v) is 24.2. The minimum Gasteiger partial charge on any atom is -0.548 e. The molecule has 1 aliphatic carbocycles. The van der Waals surface area contributed by atoms with Crippen LogP contribution in [0.15, 0.2) is 103 Å². The maximum absolute atomic E-state index is 14.7. The number of likely N-dealkylation sites (tertiary alicyclic amines) is 3. The number of amides is 4. The van der Waals surface area contributed by atoms with Crippen molar-refractivity contribution in [1.29, 1.82) is 0 Å². The first kappa shape index (κ1) is 45.5. The smallest absolute Gasteiger partial charge is 0.272 e. The van der Waals surface area contributed by atoms with Crippen molar-refractivity contribution < 1.29 is 34.0 Å². The van der Waals surface area contributed by atoms with Crippen LogP contribution in [-0.2, 0) is 17.9 Å². The normalized spacial score (nSPS) is 19.3. The summed E-state index contributed by atoms with van der Waals surface area (Å²) in [6.45, 7) is 4.86. The summed E-state index contributed by atoms with van der Waals surface area (Å²) < 4.78 is 2.03. The second-order valence-electron chi connectivity index (χ2n) is 18.8. The second kappa shape index (κ2) is 20.9. The number of carboxylic acid groups (broad SMARTS) is 1. The molecule has 67 heavy (non-hydrogen) atoms. The SMILES string of the molecule is O=C(NCc1cccc(-c2ccccc2)c1)c1cc(-c2cc(C(=O)N[C@@H](C(=O)[O-])C3CCCCC3)nc(C(=O)N3CCC[C@@H]3Cn3cccc3)c2)cc(C(=O)N2CCC[C@@H]2C[NH+]2CCCC2)n1. The Morgan fingerprint density at radius 1 is 0.612 bits per heavy atom. The number of aliphatic carboxylic acids is 1. The molecule has 0 bridgehead atoms. The molecule has 3 aromatic heterocycles. The van der Waals surface area contributed by atoms with Crippen molar-refractivity contribution in [3.05, 3.63) is 132 Å². The zero-order valence-corrected chi connectivity index (χ0v) is 38.0. The molecule has 4 fully saturated rings. The molecule has 3 aliphatic heterocycles. The minimum absolute atomic E-state index is 0.00249. The topological polar surface area (TPSA) is 174 Å². The monoisotopic (exact) mass is 904 g/mol. The number of aromatic nitrogens is 3. The van der Waals surface area contributed by atoms with Gasteiger partial charge in [0.2, 0.25) is 0 Å². The van der Waals surface area contributed by atoms with Crippen LogP contribution < -0.4 is 20.6 Å². The highest BCUT2D eigenvalue weighted by molar-refractivity contribution is 6.01. The van der Waals surface area contributed by atoms with Gasteiger partial charge in [0, 0.05) is 57.5 Å². The lowest BCUT2D eigenvalue weighted by Crippen LogP contribution is -3.11. The molecular formula is C53H60N8O6. The summed E-state index contributed by atoms with van der Waals surface area (Å²) in [6, 6.07) is 26.7. The zero-order valence-electron chi connectivity index (χ0n) is 38.0. The molecule has 4 amide bonds. The fraction of sp³-hybridized carbons (Fsp3) is 0.415. The number of benzene rings is 2. The number of quaternary nitrogens is 1. The Kier molecular flexibility index (Phi) is 14.2. The predicted octanol–water partition coefficient (Wildman–Crippen LogP) is 4.56. The molecule has 6 heterocycles. The number of pyridine rings is 2. The quantitative estimate of drug-likeness (QED) is 0.137. The summed E-state index contributed by atoms with van der Waals surface area (Å²) in [4.78, 5) is 84.9. The summed E-state index contributed by atoms with van der Waals surface area (Å²) in [5.41, 5.74) is 3.58. The van der Waals surface area contributed by atoms with E-state index in [1.807, 2.05) is 88.6 Å². The van der Waals surface area contributed by atoms with Gasteiger partial charge >= 0.3 is 0 Å². The predicted molar refractivity (Wildman–Crippen MR) is 251 cm³/mol. The lowest BCUT2D eigenvalue weighted by atomic mass is 9.84. The number of hydrogen-bond donors (Lipinski definition) is 3. The van der Waals surface area contributed by atoms with E-state index in [0.29, 0.717) is 43.6 Å². The van der Waals surface area contributed by atoms with Crippen molar-refractivity contribution in [2.45, 2.75) is 102 Å². The molecule has 5 aromatic rings. The van der Waals surface area contributed by atoms with Crippen LogP contribution in [0.5, 0.6) is 0 Å². The Morgan fingerprint density at radius 2 is 1.21 bits per heavy atom. The van der Waals surface area contributed by atoms with Gasteiger partial charge in [0.1, 0.15) is 22.8 Å². The van der Waals surface area contributed by atoms with Crippen molar-refractivity contribution in [3.8, 4) is 22.3 Å². The van der Waals surface area contributed by atoms with Gasteiger partial charge in [-0.3, -0.25) is 19.2 Å². The molecule has 3 saturated heterocycles. The van der Waals surface area contributed by atoms with Crippen LogP contribution in [0, 0.1) is 5.92 Å². The largest absolute Gasteiger partial charge is 0.548 e. The van der Waals surface area contributed by atoms with Gasteiger partial charge in [-0.15, -0.1) is 0 Å². The summed E-state index contributed by atoms with van der Waals surface area (Å²) in [7, 11) is 0. The Bertz CT molecular complexity index is 2570. The average molecular weight is 905 g/mol. The Labute approximate surface area is 391 Å². The van der Waals surface area contributed by atoms with E-state index in [9.17, 15) is 29.1 Å². The number of nitrogens with one attached hydrogen (secondary N) is 3. The number of carbonyl (C=O) groups is 5. The highest BCUT2D eigenvalue weighted by Gasteiger charge is 2.36. The lowest BCUT2D eigenvalue weighted by Gasteiger charge is -2.31. The third kappa shape index (κ3) is 10.8. The first-order chi connectivity index (χ1) is 32.7. The van der Waals surface area contributed by atoms with Crippen molar-refractivity contribution >= 4 is 29.6 Å². The van der Waals surface area contributed by atoms with Gasteiger partial charge in [-0.1, -0.05) is 67.8 Å². The molecule has 348 valence electrons. The molecule has 3 N–H and O–H groups in total. The van der Waals surface area contributed by atoms with Gasteiger partial charge in [-0.05, 0) is 115 Å². The molecule has 9 rings (SSSR count). The van der Waals surface area contributed by atoms with E-state index in [2.05, 4.69) is 15.6 Å². The molecule has 3 atom stereocenters. The first-order valence-electron chi connectivity index (χ1n) is 24.2. The van der Waals surface area contributed by atoms with E-state index in [1.54, 1.807) is 23.1 Å². The Morgan fingerprint density at radius 3 is 1.87 bits per heavy atom.